The van der Waals surface area contributed by atoms with Crippen LogP contribution in [0.2, 0.25) is 0 Å². The fraction of sp³-hybridized carbons (Fsp3) is 0.133. The smallest absolute Gasteiger partial charge is 0.281 e. The van der Waals surface area contributed by atoms with Crippen molar-refractivity contribution in [3.05, 3.63) is 109 Å². The third kappa shape index (κ3) is 5.54. The second-order valence-corrected chi connectivity index (χ2v) is 10.7. The minimum absolute atomic E-state index is 1.26. The summed E-state index contributed by atoms with van der Waals surface area (Å²) in [6.07, 6.45) is -7.13. The van der Waals surface area contributed by atoms with Crippen molar-refractivity contribution in [1.29, 1.82) is 0 Å². The molecule has 0 saturated heterocycles. The van der Waals surface area contributed by atoms with Gasteiger partial charge in [-0.1, -0.05) is 109 Å². The van der Waals surface area contributed by atoms with E-state index >= 15 is 0 Å². The molecule has 43 heavy (non-hydrogen) atoms. The Balaban J connectivity index is 0.000000219. The number of halogens is 9. The van der Waals surface area contributed by atoms with E-state index in [0.29, 0.717) is 0 Å². The molecule has 0 unspecified atom stereocenters. The highest BCUT2D eigenvalue weighted by Gasteiger charge is 2.85. The van der Waals surface area contributed by atoms with Gasteiger partial charge >= 0.3 is 33.4 Å². The average molecular weight is 631 g/mol. The Morgan fingerprint density at radius 3 is 0.977 bits per heavy atom. The van der Waals surface area contributed by atoms with Gasteiger partial charge in [-0.3, -0.25) is 4.55 Å². The Kier molecular flexibility index (Phi) is 8.28. The average Bonchev–Trinajstić information content (AvgIpc) is 2.95. The maximum atomic E-state index is 12.2. The van der Waals surface area contributed by atoms with Gasteiger partial charge in [0.1, 0.15) is 0 Å². The summed E-state index contributed by atoms with van der Waals surface area (Å²) in [6.45, 7) is 0. The molecule has 0 atom stereocenters. The number of hydrogen-bond acceptors (Lipinski definition) is 2. The number of hydrogen-bond donors (Lipinski definition) is 1. The van der Waals surface area contributed by atoms with E-state index in [0.717, 1.165) is 0 Å². The second-order valence-electron chi connectivity index (χ2n) is 9.21. The number of fused-ring (bicyclic) bond motifs is 2. The second kappa shape index (κ2) is 11.2. The van der Waals surface area contributed by atoms with E-state index in [1.807, 2.05) is 0 Å². The molecule has 5 aromatic rings. The van der Waals surface area contributed by atoms with Crippen molar-refractivity contribution in [1.82, 2.24) is 0 Å². The predicted octanol–water partition coefficient (Wildman–Crippen LogP) is 9.63. The Bertz CT molecular complexity index is 1700. The molecular formula is C30H19F9O3S. The highest BCUT2D eigenvalue weighted by molar-refractivity contribution is 7.87. The van der Waals surface area contributed by atoms with Crippen molar-refractivity contribution in [2.45, 2.75) is 23.3 Å². The summed E-state index contributed by atoms with van der Waals surface area (Å²) in [5.41, 5.74) is 5.16. The van der Waals surface area contributed by atoms with Gasteiger partial charge in [-0.05, 0) is 43.8 Å². The lowest BCUT2D eigenvalue weighted by molar-refractivity contribution is -0.382. The largest absolute Gasteiger partial charge is 0.460 e. The summed E-state index contributed by atoms with van der Waals surface area (Å²) < 4.78 is 134. The Labute approximate surface area is 238 Å². The summed E-state index contributed by atoms with van der Waals surface area (Å²) in [5.74, 6) is -14.7. The fourth-order valence-electron chi connectivity index (χ4n) is 4.48. The molecule has 5 aromatic carbocycles. The van der Waals surface area contributed by atoms with E-state index in [-0.39, 0.29) is 0 Å². The van der Waals surface area contributed by atoms with Gasteiger partial charge in [0.15, 0.2) is 0 Å². The maximum Gasteiger partial charge on any atom is 0.460 e. The van der Waals surface area contributed by atoms with Crippen molar-refractivity contribution in [3.8, 4) is 22.3 Å². The van der Waals surface area contributed by atoms with E-state index < -0.39 is 33.4 Å². The molecule has 0 aliphatic heterocycles. The summed E-state index contributed by atoms with van der Waals surface area (Å²) in [4.78, 5) is 0. The first-order valence-electron chi connectivity index (χ1n) is 12.1. The number of benzene rings is 5. The van der Waals surface area contributed by atoms with Gasteiger partial charge in [0, 0.05) is 0 Å². The van der Waals surface area contributed by atoms with E-state index in [4.69, 9.17) is 4.55 Å². The Morgan fingerprint density at radius 1 is 0.442 bits per heavy atom. The first-order valence-corrected chi connectivity index (χ1v) is 13.6. The van der Waals surface area contributed by atoms with Crippen molar-refractivity contribution < 1.29 is 52.5 Å². The first kappa shape index (κ1) is 31.8. The molecule has 0 aliphatic carbocycles. The quantitative estimate of drug-likeness (QED) is 0.120. The molecule has 0 aromatic heterocycles. The zero-order valence-corrected chi connectivity index (χ0v) is 22.3. The van der Waals surface area contributed by atoms with Gasteiger partial charge in [-0.2, -0.15) is 47.9 Å². The van der Waals surface area contributed by atoms with Crippen LogP contribution in [0.1, 0.15) is 0 Å². The molecule has 13 heteroatoms. The molecule has 0 aliphatic rings. The van der Waals surface area contributed by atoms with Gasteiger partial charge in [-0.15, -0.1) is 0 Å². The van der Waals surface area contributed by atoms with Crippen LogP contribution in [-0.4, -0.2) is 36.2 Å². The van der Waals surface area contributed by atoms with E-state index in [1.165, 1.54) is 43.8 Å². The number of alkyl halides is 9. The van der Waals surface area contributed by atoms with Gasteiger partial charge in [0.2, 0.25) is 0 Å². The van der Waals surface area contributed by atoms with Crippen molar-refractivity contribution in [2.24, 2.45) is 0 Å². The van der Waals surface area contributed by atoms with Crippen LogP contribution >= 0.6 is 0 Å². The summed E-state index contributed by atoms with van der Waals surface area (Å²) >= 11 is 0. The van der Waals surface area contributed by atoms with Crippen LogP contribution in [0.4, 0.5) is 39.5 Å². The Hall–Kier alpha value is -4.10. The molecule has 0 radical (unpaired) electrons. The molecule has 0 saturated carbocycles. The zero-order valence-electron chi connectivity index (χ0n) is 21.5. The molecule has 0 fully saturated rings. The highest BCUT2D eigenvalue weighted by Crippen LogP contribution is 2.54. The van der Waals surface area contributed by atoms with Crippen molar-refractivity contribution >= 4 is 31.7 Å². The lowest BCUT2D eigenvalue weighted by Gasteiger charge is -2.31. The van der Waals surface area contributed by atoms with E-state index in [2.05, 4.69) is 109 Å². The van der Waals surface area contributed by atoms with E-state index in [9.17, 15) is 47.9 Å². The van der Waals surface area contributed by atoms with Crippen LogP contribution in [0.15, 0.2) is 109 Å². The van der Waals surface area contributed by atoms with Crippen LogP contribution < -0.4 is 0 Å². The van der Waals surface area contributed by atoms with Crippen LogP contribution in [0, 0.1) is 0 Å². The summed E-state index contributed by atoms with van der Waals surface area (Å²) in [7, 11) is -7.17. The topological polar surface area (TPSA) is 54.4 Å². The predicted molar refractivity (Wildman–Crippen MR) is 145 cm³/mol. The molecule has 0 spiro atoms. The molecule has 0 bridgehead atoms. The normalized spacial score (nSPS) is 13.1. The van der Waals surface area contributed by atoms with Gasteiger partial charge in [-0.25, -0.2) is 0 Å². The molecule has 1 N–H and O–H groups in total. The third-order valence-corrected chi connectivity index (χ3v) is 7.40. The lowest BCUT2D eigenvalue weighted by Crippen LogP contribution is -2.63. The van der Waals surface area contributed by atoms with Crippen molar-refractivity contribution in [3.63, 3.8) is 0 Å². The maximum absolute atomic E-state index is 12.2. The van der Waals surface area contributed by atoms with Crippen LogP contribution in [0.5, 0.6) is 0 Å². The minimum atomic E-state index is -7.37. The first-order chi connectivity index (χ1) is 19.9. The molecule has 5 rings (SSSR count). The molecular weight excluding hydrogens is 611 g/mol. The molecule has 3 nitrogen and oxygen atoms in total. The number of rotatable bonds is 5. The van der Waals surface area contributed by atoms with Crippen LogP contribution in [0.3, 0.4) is 0 Å². The molecule has 0 heterocycles. The molecule has 226 valence electrons. The van der Waals surface area contributed by atoms with Gasteiger partial charge in [0.05, 0.1) is 0 Å². The van der Waals surface area contributed by atoms with Crippen LogP contribution in [0.25, 0.3) is 43.8 Å². The molecule has 0 amide bonds. The standard InChI is InChI=1S/C26H18.C4HF9O3S/c1-3-11-19(12-4-1)25-21-15-7-9-17-23(21)26(20-13-5-2-6-14-20)24-18-10-8-16-22(24)25;5-1(6,3(9,10)11)2(7,8)4(12,13)17(14,15)16/h1-18H;(H,14,15,16). The SMILES string of the molecule is O=S(=O)(O)C(F)(F)C(F)(F)C(F)(F)C(F)(F)F.c1ccc(-c2c3ccccc3c(-c3ccccc3)c3ccccc23)cc1. The lowest BCUT2D eigenvalue weighted by atomic mass is 9.86. The van der Waals surface area contributed by atoms with Crippen molar-refractivity contribution in [2.75, 3.05) is 0 Å². The fourth-order valence-corrected chi connectivity index (χ4v) is 4.93. The minimum Gasteiger partial charge on any atom is -0.281 e. The summed E-state index contributed by atoms with van der Waals surface area (Å²) in [6, 6.07) is 39.0. The monoisotopic (exact) mass is 630 g/mol. The zero-order chi connectivity index (χ0) is 31.8. The van der Waals surface area contributed by atoms with Gasteiger partial charge in [0.25, 0.3) is 0 Å². The summed E-state index contributed by atoms with van der Waals surface area (Å²) in [5, 5.41) is -1.79. The van der Waals surface area contributed by atoms with E-state index in [1.54, 1.807) is 0 Å². The van der Waals surface area contributed by atoms with Gasteiger partial charge < -0.3 is 0 Å². The Morgan fingerprint density at radius 2 is 0.721 bits per heavy atom. The third-order valence-electron chi connectivity index (χ3n) is 6.50. The highest BCUT2D eigenvalue weighted by atomic mass is 32.2. The van der Waals surface area contributed by atoms with Crippen LogP contribution in [-0.2, 0) is 10.1 Å².